The van der Waals surface area contributed by atoms with Gasteiger partial charge < -0.3 is 9.55 Å². The Balaban J connectivity index is 3.13. The molecule has 1 N–H and O–H groups in total. The maximum atomic E-state index is 3.63. The second-order valence-electron chi connectivity index (χ2n) is 9.36. The Labute approximate surface area is 155 Å². The van der Waals surface area contributed by atoms with Crippen LogP contribution in [0.3, 0.4) is 0 Å². The standard InChI is InChI=1S/C20H46N2Si2/c1-10-12-21-13-11-14-22-23(17(2)3,18(4)5)15-16-24(22,19(6)7)20(8)9/h17-21H,10-16H2,1-9H3. The van der Waals surface area contributed by atoms with Gasteiger partial charge in [0.1, 0.15) is 16.5 Å². The van der Waals surface area contributed by atoms with E-state index in [-0.39, 0.29) is 0 Å². The highest BCUT2D eigenvalue weighted by Crippen LogP contribution is 2.55. The van der Waals surface area contributed by atoms with E-state index in [9.17, 15) is 0 Å². The van der Waals surface area contributed by atoms with Crippen molar-refractivity contribution in [1.82, 2.24) is 9.55 Å². The van der Waals surface area contributed by atoms with Crippen LogP contribution in [0, 0.1) is 0 Å². The van der Waals surface area contributed by atoms with Crippen LogP contribution >= 0.6 is 0 Å². The molecule has 0 unspecified atom stereocenters. The average molecular weight is 371 g/mol. The molecule has 1 fully saturated rings. The quantitative estimate of drug-likeness (QED) is 0.362. The fraction of sp³-hybridized carbons (Fsp3) is 1.00. The Kier molecular flexibility index (Phi) is 8.71. The van der Waals surface area contributed by atoms with Gasteiger partial charge in [-0.2, -0.15) is 0 Å². The van der Waals surface area contributed by atoms with Gasteiger partial charge in [0.2, 0.25) is 0 Å². The minimum Gasteiger partial charge on any atom is -0.344 e. The van der Waals surface area contributed by atoms with E-state index in [1.165, 1.54) is 32.5 Å². The van der Waals surface area contributed by atoms with Crippen molar-refractivity contribution in [3.63, 3.8) is 0 Å². The first-order valence-electron chi connectivity index (χ1n) is 10.7. The molecule has 0 aromatic rings. The maximum Gasteiger partial charge on any atom is 0.126 e. The molecule has 0 aromatic carbocycles. The summed E-state index contributed by atoms with van der Waals surface area (Å²) >= 11 is 0. The highest BCUT2D eigenvalue weighted by molar-refractivity contribution is 6.99. The summed E-state index contributed by atoms with van der Waals surface area (Å²) in [5.74, 6) is 0. The van der Waals surface area contributed by atoms with Gasteiger partial charge in [-0.15, -0.1) is 0 Å². The Morgan fingerprint density at radius 3 is 1.50 bits per heavy atom. The lowest BCUT2D eigenvalue weighted by Gasteiger charge is -2.53. The largest absolute Gasteiger partial charge is 0.344 e. The van der Waals surface area contributed by atoms with Crippen molar-refractivity contribution in [3.05, 3.63) is 0 Å². The molecule has 2 nitrogen and oxygen atoms in total. The summed E-state index contributed by atoms with van der Waals surface area (Å²) in [5, 5.41) is 3.63. The predicted octanol–water partition coefficient (Wildman–Crippen LogP) is 6.22. The number of nitrogens with one attached hydrogen (secondary N) is 1. The molecular formula is C20H46N2Si2. The zero-order chi connectivity index (χ0) is 18.5. The summed E-state index contributed by atoms with van der Waals surface area (Å²) in [6.07, 6.45) is 2.58. The number of hydrogen-bond acceptors (Lipinski definition) is 2. The van der Waals surface area contributed by atoms with Crippen molar-refractivity contribution in [2.45, 2.75) is 109 Å². The van der Waals surface area contributed by atoms with Crippen LogP contribution in [0.25, 0.3) is 0 Å². The molecule has 0 spiro atoms. The van der Waals surface area contributed by atoms with Crippen LogP contribution in [0.4, 0.5) is 0 Å². The van der Waals surface area contributed by atoms with E-state index in [0.717, 1.165) is 22.2 Å². The molecule has 1 aliphatic heterocycles. The molecule has 0 amide bonds. The molecule has 0 atom stereocenters. The Morgan fingerprint density at radius 1 is 0.750 bits per heavy atom. The van der Waals surface area contributed by atoms with Crippen LogP contribution in [0.2, 0.25) is 34.3 Å². The van der Waals surface area contributed by atoms with E-state index in [0.29, 0.717) is 0 Å². The van der Waals surface area contributed by atoms with Gasteiger partial charge in [-0.3, -0.25) is 0 Å². The summed E-state index contributed by atoms with van der Waals surface area (Å²) in [6, 6.07) is 3.13. The van der Waals surface area contributed by atoms with E-state index in [2.05, 4.69) is 71.9 Å². The van der Waals surface area contributed by atoms with Crippen molar-refractivity contribution in [2.24, 2.45) is 0 Å². The van der Waals surface area contributed by atoms with Crippen LogP contribution in [0.5, 0.6) is 0 Å². The molecular weight excluding hydrogens is 324 g/mol. The lowest BCUT2D eigenvalue weighted by molar-refractivity contribution is 0.512. The van der Waals surface area contributed by atoms with E-state index in [1.807, 2.05) is 0 Å². The second-order valence-corrected chi connectivity index (χ2v) is 20.5. The van der Waals surface area contributed by atoms with Crippen LogP contribution in [-0.4, -0.2) is 40.3 Å². The first-order valence-corrected chi connectivity index (χ1v) is 15.3. The van der Waals surface area contributed by atoms with Crippen molar-refractivity contribution < 1.29 is 0 Å². The molecule has 1 aliphatic rings. The van der Waals surface area contributed by atoms with Gasteiger partial charge in [-0.1, -0.05) is 62.3 Å². The maximum absolute atomic E-state index is 3.63. The van der Waals surface area contributed by atoms with Crippen LogP contribution < -0.4 is 5.32 Å². The number of hydrogen-bond donors (Lipinski definition) is 1. The van der Waals surface area contributed by atoms with Gasteiger partial charge in [0.15, 0.2) is 0 Å². The minimum atomic E-state index is -1.38. The number of rotatable bonds is 10. The predicted molar refractivity (Wildman–Crippen MR) is 116 cm³/mol. The van der Waals surface area contributed by atoms with Crippen molar-refractivity contribution >= 4 is 16.5 Å². The smallest absolute Gasteiger partial charge is 0.126 e. The molecule has 144 valence electrons. The molecule has 0 bridgehead atoms. The molecule has 4 heteroatoms. The topological polar surface area (TPSA) is 15.3 Å². The van der Waals surface area contributed by atoms with Crippen molar-refractivity contribution in [2.75, 3.05) is 19.6 Å². The average Bonchev–Trinajstić information content (AvgIpc) is 2.84. The molecule has 1 saturated heterocycles. The second kappa shape index (κ2) is 9.34. The van der Waals surface area contributed by atoms with Crippen LogP contribution in [0.15, 0.2) is 0 Å². The lowest BCUT2D eigenvalue weighted by atomic mass is 10.4. The summed E-state index contributed by atoms with van der Waals surface area (Å²) < 4.78 is 3.28. The molecule has 1 rings (SSSR count). The van der Waals surface area contributed by atoms with Gasteiger partial charge >= 0.3 is 0 Å². The Bertz CT molecular complexity index is 323. The van der Waals surface area contributed by atoms with Crippen molar-refractivity contribution in [3.8, 4) is 0 Å². The molecule has 0 radical (unpaired) electrons. The van der Waals surface area contributed by atoms with Gasteiger partial charge in [0.25, 0.3) is 0 Å². The molecule has 1 heterocycles. The van der Waals surface area contributed by atoms with E-state index in [1.54, 1.807) is 12.1 Å². The third kappa shape index (κ3) is 4.02. The highest BCUT2D eigenvalue weighted by Gasteiger charge is 2.61. The van der Waals surface area contributed by atoms with Gasteiger partial charge in [-0.25, -0.2) is 0 Å². The first-order chi connectivity index (χ1) is 11.2. The minimum absolute atomic E-state index is 0.882. The Morgan fingerprint density at radius 2 is 1.17 bits per heavy atom. The fourth-order valence-corrected chi connectivity index (χ4v) is 25.1. The lowest BCUT2D eigenvalue weighted by Crippen LogP contribution is -2.65. The van der Waals surface area contributed by atoms with Crippen molar-refractivity contribution in [1.29, 1.82) is 0 Å². The van der Waals surface area contributed by atoms with Crippen LogP contribution in [0.1, 0.15) is 75.2 Å². The molecule has 0 aliphatic carbocycles. The van der Waals surface area contributed by atoms with E-state index in [4.69, 9.17) is 0 Å². The highest BCUT2D eigenvalue weighted by atomic mass is 28.4. The zero-order valence-corrected chi connectivity index (χ0v) is 20.2. The molecule has 24 heavy (non-hydrogen) atoms. The zero-order valence-electron chi connectivity index (χ0n) is 18.2. The molecule has 0 aromatic heterocycles. The summed E-state index contributed by atoms with van der Waals surface area (Å²) in [5.41, 5.74) is 3.53. The van der Waals surface area contributed by atoms with Crippen LogP contribution in [-0.2, 0) is 0 Å². The molecule has 0 saturated carbocycles. The normalized spacial score (nSPS) is 20.9. The van der Waals surface area contributed by atoms with E-state index >= 15 is 0 Å². The first kappa shape index (κ1) is 22.4. The van der Waals surface area contributed by atoms with E-state index < -0.39 is 16.5 Å². The van der Waals surface area contributed by atoms with Gasteiger partial charge in [-0.05, 0) is 66.7 Å². The summed E-state index contributed by atoms with van der Waals surface area (Å²) in [6.45, 7) is 26.3. The van der Waals surface area contributed by atoms with Gasteiger partial charge in [0, 0.05) is 0 Å². The SMILES string of the molecule is CCCNCCCN1[Si](C(C)C)(C(C)C)CC[Si]1(C(C)C)C(C)C. The fourth-order valence-electron chi connectivity index (χ4n) is 5.87. The summed E-state index contributed by atoms with van der Waals surface area (Å²) in [4.78, 5) is 0. The summed E-state index contributed by atoms with van der Waals surface area (Å²) in [7, 11) is -2.76. The Hall–Kier alpha value is 0.354. The third-order valence-corrected chi connectivity index (χ3v) is 22.6. The third-order valence-electron chi connectivity index (χ3n) is 7.09. The number of nitrogens with zero attached hydrogens (tertiary/aromatic N) is 1. The van der Waals surface area contributed by atoms with Gasteiger partial charge in [0.05, 0.1) is 0 Å². The monoisotopic (exact) mass is 370 g/mol.